The molecular weight excluding hydrogens is 1060 g/mol. The number of hydrogen-bond acceptors (Lipinski definition) is 8. The molecule has 0 fully saturated rings. The molecule has 0 radical (unpaired) electrons. The first-order valence-corrected chi connectivity index (χ1v) is 29.1. The minimum atomic E-state index is 0.450. The van der Waals surface area contributed by atoms with Crippen LogP contribution in [0.2, 0.25) is 0 Å². The van der Waals surface area contributed by atoms with Crippen LogP contribution in [0.5, 0.6) is 11.5 Å². The Morgan fingerprint density at radius 3 is 1.42 bits per heavy atom. The van der Waals surface area contributed by atoms with Gasteiger partial charge in [0.1, 0.15) is 11.5 Å². The maximum atomic E-state index is 6.94. The lowest BCUT2D eigenvalue weighted by Crippen LogP contribution is -2.07. The van der Waals surface area contributed by atoms with E-state index in [9.17, 15) is 0 Å². The first-order chi connectivity index (χ1) is 42.6. The number of fused-ring (bicyclic) bond motifs is 2. The van der Waals surface area contributed by atoms with Crippen molar-refractivity contribution in [3.63, 3.8) is 0 Å². The molecule has 19 rings (SSSR count). The Balaban J connectivity index is 0.977. The Labute approximate surface area is 495 Å². The molecule has 6 aromatic carbocycles. The van der Waals surface area contributed by atoms with Gasteiger partial charge in [-0.05, 0) is 125 Å². The van der Waals surface area contributed by atoms with Crippen LogP contribution in [0.4, 0.5) is 0 Å². The summed E-state index contributed by atoms with van der Waals surface area (Å²) in [5.41, 5.74) is 21.9. The molecule has 2 N–H and O–H groups in total. The molecule has 412 valence electrons. The Hall–Kier alpha value is -11.2. The van der Waals surface area contributed by atoms with E-state index in [1.807, 2.05) is 43.2 Å². The van der Waals surface area contributed by atoms with Crippen LogP contribution in [0.25, 0.3) is 146 Å². The second kappa shape index (κ2) is 21.5. The highest BCUT2D eigenvalue weighted by molar-refractivity contribution is 6.05. The van der Waals surface area contributed by atoms with Gasteiger partial charge in [0, 0.05) is 98.5 Å². The zero-order valence-electron chi connectivity index (χ0n) is 46.7. The minimum absolute atomic E-state index is 0.450. The van der Waals surface area contributed by atoms with Crippen LogP contribution in [-0.2, 0) is 13.1 Å². The van der Waals surface area contributed by atoms with Crippen molar-refractivity contribution < 1.29 is 9.47 Å². The van der Waals surface area contributed by atoms with E-state index < -0.39 is 0 Å². The molecule has 0 amide bonds. The summed E-state index contributed by atoms with van der Waals surface area (Å²) < 4.78 is 18.0. The van der Waals surface area contributed by atoms with E-state index in [4.69, 9.17) is 29.4 Å². The van der Waals surface area contributed by atoms with Crippen molar-refractivity contribution in [2.45, 2.75) is 25.9 Å². The number of nitrogens with one attached hydrogen (secondary N) is 2. The van der Waals surface area contributed by atoms with E-state index in [2.05, 4.69) is 217 Å². The van der Waals surface area contributed by atoms with Gasteiger partial charge in [-0.1, -0.05) is 127 Å². The molecule has 13 heterocycles. The molecule has 12 heteroatoms. The average molecular weight is 1120 g/mol. The summed E-state index contributed by atoms with van der Waals surface area (Å²) in [6.07, 6.45) is 21.3. The SMILES string of the molecule is C1=Cc2nc1cc1ccc([nH]1)c1c3nc(c(-c4c(OCCCn5ccnc5)cccc4OCCCn4ccnc4)c4ccc([nH]4)c2-c2ccccc2-c2ccc(cc2)-c2ccc4ccc5ccc(nc5c4n2)-c2ccc(cc2)-c2ccccc2-1)C=C3. The van der Waals surface area contributed by atoms with E-state index in [0.717, 1.165) is 171 Å². The monoisotopic (exact) mass is 1110 g/mol. The van der Waals surface area contributed by atoms with Crippen LogP contribution >= 0.6 is 0 Å². The summed E-state index contributed by atoms with van der Waals surface area (Å²) >= 11 is 0. The van der Waals surface area contributed by atoms with Crippen molar-refractivity contribution in [1.82, 2.24) is 49.0 Å². The van der Waals surface area contributed by atoms with E-state index in [0.29, 0.717) is 24.7 Å². The van der Waals surface area contributed by atoms with Gasteiger partial charge >= 0.3 is 0 Å². The third-order valence-corrected chi connectivity index (χ3v) is 16.5. The van der Waals surface area contributed by atoms with E-state index in [1.165, 1.54) is 0 Å². The van der Waals surface area contributed by atoms with Crippen LogP contribution in [0, 0.1) is 0 Å². The van der Waals surface area contributed by atoms with Gasteiger partial charge in [0.15, 0.2) is 0 Å². The standard InChI is InChI=1S/C74H54N10O2/c1-3-10-57-55(8-1)47-14-18-49(19-15-47)59-28-24-51-22-23-52-25-29-60(82-74(52)73(51)81-59)50-20-16-48(17-21-50)56-9-2-4-11-58(56)70-62-31-27-54(78-62)44-53-26-30-61(77-53)69(57)63-32-34-65(79-63)71(66-35-33-64(70)80-66)72-67(85-42-6-38-83-40-36-75-45-83)12-5-13-68(72)86-43-7-39-84-41-37-76-46-84/h1-5,8-37,40-41,44-46,77,80H,6-7,38-39,42-43H2. The lowest BCUT2D eigenvalue weighted by molar-refractivity contribution is 0.289. The number of pyridine rings is 2. The molecule has 0 spiro atoms. The number of aromatic amines is 2. The lowest BCUT2D eigenvalue weighted by atomic mass is 9.92. The van der Waals surface area contributed by atoms with Gasteiger partial charge in [-0.3, -0.25) is 0 Å². The summed E-state index contributed by atoms with van der Waals surface area (Å²) in [7, 11) is 0. The number of aryl methyl sites for hydroxylation is 2. The first kappa shape index (κ1) is 50.5. The quantitative estimate of drug-likeness (QED) is 0.0965. The molecule has 6 aliphatic rings. The summed E-state index contributed by atoms with van der Waals surface area (Å²) in [5, 5.41) is 2.07. The molecule has 0 saturated carbocycles. The summed E-state index contributed by atoms with van der Waals surface area (Å²) in [4.78, 5) is 38.3. The highest BCUT2D eigenvalue weighted by atomic mass is 16.5. The summed E-state index contributed by atoms with van der Waals surface area (Å²) in [6.45, 7) is 2.41. The fourth-order valence-electron chi connectivity index (χ4n) is 12.3. The predicted molar refractivity (Wildman–Crippen MR) is 346 cm³/mol. The van der Waals surface area contributed by atoms with Gasteiger partial charge in [0.2, 0.25) is 0 Å². The number of ether oxygens (including phenoxy) is 2. The maximum Gasteiger partial charge on any atom is 0.131 e. The fourth-order valence-corrected chi connectivity index (χ4v) is 12.3. The van der Waals surface area contributed by atoms with E-state index >= 15 is 0 Å². The normalized spacial score (nSPS) is 12.1. The molecule has 0 atom stereocenters. The maximum absolute atomic E-state index is 6.94. The van der Waals surface area contributed by atoms with E-state index in [-0.39, 0.29) is 0 Å². The fraction of sp³-hybridized carbons (Fsp3) is 0.0811. The molecule has 0 unspecified atom stereocenters. The number of imidazole rings is 2. The molecule has 7 aromatic heterocycles. The summed E-state index contributed by atoms with van der Waals surface area (Å²) in [5.74, 6) is 1.36. The summed E-state index contributed by atoms with van der Waals surface area (Å²) in [6, 6.07) is 64.3. The molecule has 0 saturated heterocycles. The predicted octanol–water partition coefficient (Wildman–Crippen LogP) is 17.1. The van der Waals surface area contributed by atoms with Crippen molar-refractivity contribution in [2.24, 2.45) is 0 Å². The average Bonchev–Trinajstić information content (AvgIpc) is 2.04. The number of H-pyrrole nitrogens is 2. The van der Waals surface area contributed by atoms with Gasteiger partial charge in [0.25, 0.3) is 0 Å². The number of benzene rings is 6. The Morgan fingerprint density at radius 2 is 0.860 bits per heavy atom. The smallest absolute Gasteiger partial charge is 0.131 e. The van der Waals surface area contributed by atoms with E-state index in [1.54, 1.807) is 12.4 Å². The highest BCUT2D eigenvalue weighted by Crippen LogP contribution is 2.46. The van der Waals surface area contributed by atoms with Gasteiger partial charge in [0.05, 0.1) is 76.6 Å². The second-order valence-electron chi connectivity index (χ2n) is 21.8. The molecule has 6 aliphatic heterocycles. The van der Waals surface area contributed by atoms with Crippen LogP contribution in [-0.4, -0.2) is 62.2 Å². The number of hydrogen-bond donors (Lipinski definition) is 2. The number of nitrogens with zero attached hydrogens (tertiary/aromatic N) is 8. The van der Waals surface area contributed by atoms with Crippen molar-refractivity contribution >= 4 is 68.2 Å². The van der Waals surface area contributed by atoms with Crippen molar-refractivity contribution in [1.29, 1.82) is 0 Å². The van der Waals surface area contributed by atoms with Gasteiger partial charge in [-0.25, -0.2) is 29.9 Å². The molecule has 18 bridgehead atoms. The number of rotatable bonds is 11. The second-order valence-corrected chi connectivity index (χ2v) is 21.8. The number of aromatic nitrogens is 10. The third kappa shape index (κ3) is 9.39. The minimum Gasteiger partial charge on any atom is -0.493 e. The molecule has 0 aliphatic carbocycles. The highest BCUT2D eigenvalue weighted by Gasteiger charge is 2.24. The third-order valence-electron chi connectivity index (χ3n) is 16.5. The van der Waals surface area contributed by atoms with Gasteiger partial charge in [-0.2, -0.15) is 0 Å². The molecule has 86 heavy (non-hydrogen) atoms. The largest absolute Gasteiger partial charge is 0.493 e. The lowest BCUT2D eigenvalue weighted by Gasteiger charge is -2.18. The van der Waals surface area contributed by atoms with Gasteiger partial charge in [-0.15, -0.1) is 0 Å². The van der Waals surface area contributed by atoms with Crippen LogP contribution in [0.15, 0.2) is 219 Å². The molecule has 13 aromatic rings. The van der Waals surface area contributed by atoms with Crippen LogP contribution < -0.4 is 9.47 Å². The Bertz CT molecular complexity index is 4790. The Morgan fingerprint density at radius 1 is 0.384 bits per heavy atom. The van der Waals surface area contributed by atoms with Crippen molar-refractivity contribution in [2.75, 3.05) is 13.2 Å². The van der Waals surface area contributed by atoms with Crippen molar-refractivity contribution in [3.8, 4) is 89.6 Å². The molecular formula is C74H54N10O2. The molecule has 12 nitrogen and oxygen atoms in total. The first-order valence-electron chi connectivity index (χ1n) is 29.1. The zero-order chi connectivity index (χ0) is 56.9. The van der Waals surface area contributed by atoms with Crippen molar-refractivity contribution in [3.05, 3.63) is 242 Å². The topological polar surface area (TPSA) is 137 Å². The van der Waals surface area contributed by atoms with Crippen LogP contribution in [0.3, 0.4) is 0 Å². The Kier molecular flexibility index (Phi) is 12.6. The van der Waals surface area contributed by atoms with Crippen LogP contribution in [0.1, 0.15) is 35.6 Å². The van der Waals surface area contributed by atoms with Gasteiger partial charge < -0.3 is 28.6 Å². The zero-order valence-corrected chi connectivity index (χ0v) is 46.7.